The van der Waals surface area contributed by atoms with Crippen molar-refractivity contribution in [2.24, 2.45) is 5.73 Å². The lowest BCUT2D eigenvalue weighted by atomic mass is 10.2. The summed E-state index contributed by atoms with van der Waals surface area (Å²) in [7, 11) is 0. The van der Waals surface area contributed by atoms with Gasteiger partial charge in [0.15, 0.2) is 5.78 Å². The number of carbonyl (C=O) groups is 2. The van der Waals surface area contributed by atoms with Crippen molar-refractivity contribution in [3.63, 3.8) is 0 Å². The Morgan fingerprint density at radius 1 is 1.18 bits per heavy atom. The van der Waals surface area contributed by atoms with Crippen LogP contribution in [-0.2, 0) is 19.1 Å². The summed E-state index contributed by atoms with van der Waals surface area (Å²) in [5, 5.41) is 2.57. The van der Waals surface area contributed by atoms with Gasteiger partial charge in [0.2, 0.25) is 5.91 Å². The average molecular weight is 246 g/mol. The molecule has 0 aliphatic heterocycles. The third kappa shape index (κ3) is 9.92. The molecule has 17 heavy (non-hydrogen) atoms. The monoisotopic (exact) mass is 246 g/mol. The van der Waals surface area contributed by atoms with E-state index in [9.17, 15) is 9.59 Å². The summed E-state index contributed by atoms with van der Waals surface area (Å²) >= 11 is 0. The summed E-state index contributed by atoms with van der Waals surface area (Å²) in [6.45, 7) is 5.34. The topological polar surface area (TPSA) is 90.7 Å². The van der Waals surface area contributed by atoms with Gasteiger partial charge in [-0.05, 0) is 13.8 Å². The van der Waals surface area contributed by atoms with E-state index in [-0.39, 0.29) is 18.1 Å². The number of nitrogens with one attached hydrogen (secondary N) is 1. The Morgan fingerprint density at radius 2 is 1.76 bits per heavy atom. The quantitative estimate of drug-likeness (QED) is 0.505. The van der Waals surface area contributed by atoms with E-state index in [2.05, 4.69) is 5.32 Å². The molecule has 6 nitrogen and oxygen atoms in total. The van der Waals surface area contributed by atoms with Crippen molar-refractivity contribution < 1.29 is 19.1 Å². The number of ether oxygens (including phenoxy) is 2. The van der Waals surface area contributed by atoms with Crippen LogP contribution in [0.5, 0.6) is 0 Å². The predicted octanol–water partition coefficient (Wildman–Crippen LogP) is -0.538. The van der Waals surface area contributed by atoms with Crippen LogP contribution in [0, 0.1) is 0 Å². The van der Waals surface area contributed by atoms with Crippen LogP contribution in [0.25, 0.3) is 0 Å². The highest BCUT2D eigenvalue weighted by molar-refractivity contribution is 5.87. The molecule has 0 saturated carbocycles. The molecular formula is C11H22N2O4. The molecule has 0 aromatic carbocycles. The summed E-state index contributed by atoms with van der Waals surface area (Å²) in [6.07, 6.45) is 0.245. The molecule has 0 radical (unpaired) electrons. The van der Waals surface area contributed by atoms with Gasteiger partial charge in [0.25, 0.3) is 0 Å². The normalized spacial score (nSPS) is 12.2. The van der Waals surface area contributed by atoms with Gasteiger partial charge >= 0.3 is 0 Å². The largest absolute Gasteiger partial charge is 0.379 e. The zero-order chi connectivity index (χ0) is 13.1. The van der Waals surface area contributed by atoms with Gasteiger partial charge in [-0.1, -0.05) is 0 Å². The second kappa shape index (κ2) is 10.2. The first-order valence-corrected chi connectivity index (χ1v) is 5.73. The van der Waals surface area contributed by atoms with Gasteiger partial charge in [-0.3, -0.25) is 9.59 Å². The Balaban J connectivity index is 3.36. The molecule has 6 heteroatoms. The maximum atomic E-state index is 11.3. The Bertz CT molecular complexity index is 234. The first-order valence-electron chi connectivity index (χ1n) is 5.73. The smallest absolute Gasteiger partial charge is 0.222 e. The molecular weight excluding hydrogens is 224 g/mol. The van der Waals surface area contributed by atoms with Gasteiger partial charge in [-0.2, -0.15) is 0 Å². The van der Waals surface area contributed by atoms with Crippen LogP contribution in [-0.4, -0.2) is 50.7 Å². The van der Waals surface area contributed by atoms with E-state index >= 15 is 0 Å². The number of amides is 1. The fourth-order valence-corrected chi connectivity index (χ4v) is 0.985. The zero-order valence-electron chi connectivity index (χ0n) is 10.5. The van der Waals surface area contributed by atoms with Crippen LogP contribution in [0.1, 0.15) is 20.3 Å². The molecule has 1 atom stereocenters. The van der Waals surface area contributed by atoms with Crippen molar-refractivity contribution in [2.45, 2.75) is 26.3 Å². The minimum Gasteiger partial charge on any atom is -0.379 e. The lowest BCUT2D eigenvalue weighted by Crippen LogP contribution is -2.37. The van der Waals surface area contributed by atoms with Gasteiger partial charge in [0.05, 0.1) is 32.5 Å². The van der Waals surface area contributed by atoms with Crippen molar-refractivity contribution in [3.05, 3.63) is 0 Å². The Hall–Kier alpha value is -0.980. The Morgan fingerprint density at radius 3 is 2.29 bits per heavy atom. The van der Waals surface area contributed by atoms with Crippen molar-refractivity contribution >= 4 is 11.7 Å². The van der Waals surface area contributed by atoms with E-state index in [4.69, 9.17) is 15.2 Å². The molecule has 100 valence electrons. The number of nitrogens with two attached hydrogens (primary N) is 1. The zero-order valence-corrected chi connectivity index (χ0v) is 10.5. The molecule has 0 aromatic rings. The van der Waals surface area contributed by atoms with E-state index in [0.29, 0.717) is 33.0 Å². The van der Waals surface area contributed by atoms with Gasteiger partial charge in [0.1, 0.15) is 0 Å². The predicted molar refractivity (Wildman–Crippen MR) is 63.6 cm³/mol. The standard InChI is InChI=1S/C11H22N2O4/c1-9(10(2)14)13-11(15)3-5-16-7-8-17-6-4-12/h9H,3-8,12H2,1-2H3,(H,13,15)/t9-/m1/s1. The molecule has 0 fully saturated rings. The fraction of sp³-hybridized carbons (Fsp3) is 0.818. The third-order valence-corrected chi connectivity index (χ3v) is 2.09. The third-order valence-electron chi connectivity index (χ3n) is 2.09. The van der Waals surface area contributed by atoms with Gasteiger partial charge in [-0.25, -0.2) is 0 Å². The molecule has 0 heterocycles. The fourth-order valence-electron chi connectivity index (χ4n) is 0.985. The highest BCUT2D eigenvalue weighted by atomic mass is 16.5. The molecule has 0 aromatic heterocycles. The molecule has 0 aliphatic rings. The van der Waals surface area contributed by atoms with E-state index < -0.39 is 6.04 Å². The highest BCUT2D eigenvalue weighted by Gasteiger charge is 2.10. The van der Waals surface area contributed by atoms with Crippen LogP contribution < -0.4 is 11.1 Å². The first kappa shape index (κ1) is 16.0. The van der Waals surface area contributed by atoms with Crippen molar-refractivity contribution in [3.8, 4) is 0 Å². The van der Waals surface area contributed by atoms with Crippen LogP contribution in [0.2, 0.25) is 0 Å². The molecule has 0 spiro atoms. The maximum absolute atomic E-state index is 11.3. The Kier molecular flexibility index (Phi) is 9.60. The minimum absolute atomic E-state index is 0.0607. The number of ketones is 1. The average Bonchev–Trinajstić information content (AvgIpc) is 2.27. The second-order valence-corrected chi connectivity index (χ2v) is 3.66. The molecule has 0 unspecified atom stereocenters. The van der Waals surface area contributed by atoms with Crippen LogP contribution in [0.4, 0.5) is 0 Å². The molecule has 3 N–H and O–H groups in total. The van der Waals surface area contributed by atoms with Crippen molar-refractivity contribution in [1.82, 2.24) is 5.32 Å². The van der Waals surface area contributed by atoms with Crippen molar-refractivity contribution in [1.29, 1.82) is 0 Å². The van der Waals surface area contributed by atoms with Crippen LogP contribution >= 0.6 is 0 Å². The summed E-state index contributed by atoms with van der Waals surface area (Å²) in [5.41, 5.74) is 5.23. The van der Waals surface area contributed by atoms with Crippen LogP contribution in [0.3, 0.4) is 0 Å². The van der Waals surface area contributed by atoms with Crippen LogP contribution in [0.15, 0.2) is 0 Å². The molecule has 1 amide bonds. The van der Waals surface area contributed by atoms with Gasteiger partial charge < -0.3 is 20.5 Å². The summed E-state index contributed by atoms with van der Waals surface area (Å²) < 4.78 is 10.3. The molecule has 0 bridgehead atoms. The number of rotatable bonds is 10. The summed E-state index contributed by atoms with van der Waals surface area (Å²) in [5.74, 6) is -0.245. The number of hydrogen-bond acceptors (Lipinski definition) is 5. The van der Waals surface area contributed by atoms with Gasteiger partial charge in [-0.15, -0.1) is 0 Å². The van der Waals surface area contributed by atoms with E-state index in [1.54, 1.807) is 6.92 Å². The lowest BCUT2D eigenvalue weighted by molar-refractivity contribution is -0.127. The first-order chi connectivity index (χ1) is 8.07. The second-order valence-electron chi connectivity index (χ2n) is 3.66. The Labute approximate surface area is 102 Å². The van der Waals surface area contributed by atoms with Crippen molar-refractivity contribution in [2.75, 3.05) is 33.0 Å². The number of carbonyl (C=O) groups excluding carboxylic acids is 2. The molecule has 0 aliphatic carbocycles. The highest BCUT2D eigenvalue weighted by Crippen LogP contribution is 1.88. The van der Waals surface area contributed by atoms with E-state index in [0.717, 1.165) is 0 Å². The molecule has 0 rings (SSSR count). The maximum Gasteiger partial charge on any atom is 0.222 e. The minimum atomic E-state index is -0.435. The van der Waals surface area contributed by atoms with Gasteiger partial charge in [0, 0.05) is 13.0 Å². The van der Waals surface area contributed by atoms with E-state index in [1.165, 1.54) is 6.92 Å². The van der Waals surface area contributed by atoms with E-state index in [1.807, 2.05) is 0 Å². The number of hydrogen-bond donors (Lipinski definition) is 2. The number of Topliss-reactive ketones (excluding diaryl/α,β-unsaturated/α-hetero) is 1. The summed E-state index contributed by atoms with van der Waals surface area (Å²) in [6, 6.07) is -0.435. The summed E-state index contributed by atoms with van der Waals surface area (Å²) in [4.78, 5) is 22.2. The lowest BCUT2D eigenvalue weighted by Gasteiger charge is -2.10. The SMILES string of the molecule is CC(=O)[C@@H](C)NC(=O)CCOCCOCCN. The molecule has 0 saturated heterocycles.